The molecular formula is C13H9Cl3F3NS. The van der Waals surface area contributed by atoms with Crippen LogP contribution in [0.1, 0.15) is 24.1 Å². The molecule has 0 aliphatic rings. The van der Waals surface area contributed by atoms with Crippen LogP contribution in [0.15, 0.2) is 24.3 Å². The van der Waals surface area contributed by atoms with Crippen molar-refractivity contribution < 1.29 is 13.2 Å². The predicted molar refractivity (Wildman–Crippen MR) is 82.8 cm³/mol. The minimum atomic E-state index is -4.50. The summed E-state index contributed by atoms with van der Waals surface area (Å²) in [6.07, 6.45) is -4.50. The molecule has 0 fully saturated rings. The Morgan fingerprint density at radius 2 is 1.81 bits per heavy atom. The molecule has 0 radical (unpaired) electrons. The fraction of sp³-hybridized carbons (Fsp3) is 0.231. The lowest BCUT2D eigenvalue weighted by Gasteiger charge is -2.17. The number of halogens is 6. The summed E-state index contributed by atoms with van der Waals surface area (Å²) >= 11 is 18.7. The third kappa shape index (κ3) is 3.97. The van der Waals surface area contributed by atoms with Gasteiger partial charge in [0.2, 0.25) is 0 Å². The molecule has 1 unspecified atom stereocenters. The molecular weight excluding hydrogens is 366 g/mol. The van der Waals surface area contributed by atoms with Crippen molar-refractivity contribution in [2.45, 2.75) is 19.1 Å². The maximum atomic E-state index is 12.8. The second-order valence-corrected chi connectivity index (χ2v) is 7.03. The van der Waals surface area contributed by atoms with Crippen molar-refractivity contribution >= 4 is 51.8 Å². The van der Waals surface area contributed by atoms with Gasteiger partial charge in [0.15, 0.2) is 0 Å². The van der Waals surface area contributed by atoms with Crippen LogP contribution in [0.4, 0.5) is 18.9 Å². The maximum absolute atomic E-state index is 12.8. The van der Waals surface area contributed by atoms with Crippen LogP contribution in [0.3, 0.4) is 0 Å². The van der Waals surface area contributed by atoms with Crippen molar-refractivity contribution in [1.82, 2.24) is 0 Å². The van der Waals surface area contributed by atoms with Crippen LogP contribution in [0, 0.1) is 0 Å². The summed E-state index contributed by atoms with van der Waals surface area (Å²) in [5.74, 6) is 0. The molecule has 0 aliphatic heterocycles. The summed E-state index contributed by atoms with van der Waals surface area (Å²) in [7, 11) is 0. The van der Waals surface area contributed by atoms with Gasteiger partial charge in [0.25, 0.3) is 0 Å². The lowest BCUT2D eigenvalue weighted by atomic mass is 10.1. The first-order chi connectivity index (χ1) is 9.68. The summed E-state index contributed by atoms with van der Waals surface area (Å²) < 4.78 is 39.5. The zero-order valence-electron chi connectivity index (χ0n) is 10.6. The molecule has 0 amide bonds. The first-order valence-electron chi connectivity index (χ1n) is 5.76. The van der Waals surface area contributed by atoms with E-state index in [4.69, 9.17) is 34.8 Å². The van der Waals surface area contributed by atoms with Crippen LogP contribution in [0.2, 0.25) is 13.7 Å². The highest BCUT2D eigenvalue weighted by Crippen LogP contribution is 2.38. The Bertz CT molecular complexity index is 655. The Morgan fingerprint density at radius 3 is 2.33 bits per heavy atom. The Hall–Kier alpha value is -0.620. The van der Waals surface area contributed by atoms with E-state index in [1.54, 1.807) is 13.0 Å². The SMILES string of the molecule is CC(Nc1ccc(Cl)c(C(F)(F)F)c1)c1cc(Cl)sc1Cl. The fourth-order valence-electron chi connectivity index (χ4n) is 1.81. The molecule has 1 heterocycles. The molecule has 2 aromatic rings. The largest absolute Gasteiger partial charge is 0.417 e. The molecule has 0 aliphatic carbocycles. The maximum Gasteiger partial charge on any atom is 0.417 e. The van der Waals surface area contributed by atoms with E-state index in [-0.39, 0.29) is 11.1 Å². The topological polar surface area (TPSA) is 12.0 Å². The number of rotatable bonds is 3. The number of anilines is 1. The standard InChI is InChI=1S/C13H9Cl3F3NS/c1-6(8-5-11(15)21-12(8)16)20-7-2-3-10(14)9(4-7)13(17,18)19/h2-6,20H,1H3. The second-order valence-electron chi connectivity index (χ2n) is 4.34. The van der Waals surface area contributed by atoms with Gasteiger partial charge in [0, 0.05) is 11.3 Å². The molecule has 1 aromatic carbocycles. The Labute approximate surface area is 138 Å². The Kier molecular flexibility index (Phi) is 4.98. The quantitative estimate of drug-likeness (QED) is 0.616. The van der Waals surface area contributed by atoms with Gasteiger partial charge in [-0.1, -0.05) is 34.8 Å². The second kappa shape index (κ2) is 6.24. The van der Waals surface area contributed by atoms with E-state index in [0.717, 1.165) is 11.6 Å². The fourth-order valence-corrected chi connectivity index (χ4v) is 3.68. The molecule has 1 nitrogen and oxygen atoms in total. The highest BCUT2D eigenvalue weighted by molar-refractivity contribution is 7.20. The molecule has 1 N–H and O–H groups in total. The normalized spacial score (nSPS) is 13.3. The Balaban J connectivity index is 2.26. The first kappa shape index (κ1) is 16.7. The number of hydrogen-bond acceptors (Lipinski definition) is 2. The van der Waals surface area contributed by atoms with E-state index in [2.05, 4.69) is 5.32 Å². The Morgan fingerprint density at radius 1 is 1.14 bits per heavy atom. The minimum absolute atomic E-state index is 0.288. The van der Waals surface area contributed by atoms with Gasteiger partial charge in [0.05, 0.1) is 25.3 Å². The van der Waals surface area contributed by atoms with Crippen molar-refractivity contribution in [3.8, 4) is 0 Å². The number of benzene rings is 1. The first-order valence-corrected chi connectivity index (χ1v) is 7.71. The third-order valence-corrected chi connectivity index (χ3v) is 4.65. The van der Waals surface area contributed by atoms with Gasteiger partial charge >= 0.3 is 6.18 Å². The lowest BCUT2D eigenvalue weighted by molar-refractivity contribution is -0.137. The van der Waals surface area contributed by atoms with Crippen molar-refractivity contribution in [3.05, 3.63) is 49.1 Å². The highest BCUT2D eigenvalue weighted by Gasteiger charge is 2.33. The average molecular weight is 375 g/mol. The van der Waals surface area contributed by atoms with Crippen molar-refractivity contribution in [2.75, 3.05) is 5.32 Å². The van der Waals surface area contributed by atoms with E-state index in [1.165, 1.54) is 23.5 Å². The zero-order chi connectivity index (χ0) is 15.8. The summed E-state index contributed by atoms with van der Waals surface area (Å²) in [6.45, 7) is 1.78. The monoisotopic (exact) mass is 373 g/mol. The number of alkyl halides is 3. The van der Waals surface area contributed by atoms with Crippen LogP contribution < -0.4 is 5.32 Å². The number of hydrogen-bond donors (Lipinski definition) is 1. The van der Waals surface area contributed by atoms with Gasteiger partial charge in [-0.2, -0.15) is 13.2 Å². The minimum Gasteiger partial charge on any atom is -0.378 e. The van der Waals surface area contributed by atoms with E-state index < -0.39 is 11.7 Å². The van der Waals surface area contributed by atoms with Crippen molar-refractivity contribution in [3.63, 3.8) is 0 Å². The molecule has 1 atom stereocenters. The predicted octanol–water partition coefficient (Wildman–Crippen LogP) is 6.90. The van der Waals surface area contributed by atoms with Crippen LogP contribution in [0.25, 0.3) is 0 Å². The van der Waals surface area contributed by atoms with E-state index in [0.29, 0.717) is 14.4 Å². The van der Waals surface area contributed by atoms with Gasteiger partial charge in [0.1, 0.15) is 0 Å². The van der Waals surface area contributed by atoms with E-state index in [1.807, 2.05) is 0 Å². The molecule has 0 spiro atoms. The van der Waals surface area contributed by atoms with E-state index >= 15 is 0 Å². The van der Waals surface area contributed by atoms with Crippen LogP contribution in [0.5, 0.6) is 0 Å². The van der Waals surface area contributed by atoms with Crippen LogP contribution >= 0.6 is 46.1 Å². The van der Waals surface area contributed by atoms with Crippen LogP contribution in [-0.4, -0.2) is 0 Å². The average Bonchev–Trinajstić information content (AvgIpc) is 2.69. The van der Waals surface area contributed by atoms with Gasteiger partial charge in [-0.3, -0.25) is 0 Å². The molecule has 8 heteroatoms. The molecule has 0 saturated heterocycles. The summed E-state index contributed by atoms with van der Waals surface area (Å²) in [5, 5.41) is 2.62. The van der Waals surface area contributed by atoms with Gasteiger partial charge in [-0.05, 0) is 31.2 Å². The summed E-state index contributed by atoms with van der Waals surface area (Å²) in [5.41, 5.74) is 0.156. The summed E-state index contributed by atoms with van der Waals surface area (Å²) in [6, 6.07) is 5.06. The molecule has 0 bridgehead atoms. The van der Waals surface area contributed by atoms with Crippen molar-refractivity contribution in [2.24, 2.45) is 0 Å². The van der Waals surface area contributed by atoms with Gasteiger partial charge in [-0.15, -0.1) is 11.3 Å². The third-order valence-electron chi connectivity index (χ3n) is 2.80. The molecule has 0 saturated carbocycles. The smallest absolute Gasteiger partial charge is 0.378 e. The highest BCUT2D eigenvalue weighted by atomic mass is 35.5. The van der Waals surface area contributed by atoms with Gasteiger partial charge in [-0.25, -0.2) is 0 Å². The van der Waals surface area contributed by atoms with Gasteiger partial charge < -0.3 is 5.32 Å². The summed E-state index contributed by atoms with van der Waals surface area (Å²) in [4.78, 5) is 0. The molecule has 21 heavy (non-hydrogen) atoms. The molecule has 2 rings (SSSR count). The number of thiophene rings is 1. The van der Waals surface area contributed by atoms with Crippen molar-refractivity contribution in [1.29, 1.82) is 0 Å². The van der Waals surface area contributed by atoms with E-state index in [9.17, 15) is 13.2 Å². The zero-order valence-corrected chi connectivity index (χ0v) is 13.6. The van der Waals surface area contributed by atoms with Crippen LogP contribution in [-0.2, 0) is 6.18 Å². The lowest BCUT2D eigenvalue weighted by Crippen LogP contribution is -2.09. The molecule has 1 aromatic heterocycles. The number of nitrogens with one attached hydrogen (secondary N) is 1. The molecule has 114 valence electrons.